The van der Waals surface area contributed by atoms with Crippen molar-refractivity contribution in [2.75, 3.05) is 50.1 Å². The maximum absolute atomic E-state index is 12.3. The number of aromatic nitrogens is 2. The zero-order chi connectivity index (χ0) is 24.5. The second-order valence-electron chi connectivity index (χ2n) is 7.86. The van der Waals surface area contributed by atoms with Crippen LogP contribution in [-0.2, 0) is 19.1 Å². The number of morpholine rings is 1. The molecule has 35 heavy (non-hydrogen) atoms. The van der Waals surface area contributed by atoms with Crippen molar-refractivity contribution in [2.24, 2.45) is 0 Å². The third kappa shape index (κ3) is 7.57. The normalized spacial score (nSPS) is 14.2. The second kappa shape index (κ2) is 12.4. The zero-order valence-electron chi connectivity index (χ0n) is 19.1. The zero-order valence-corrected chi connectivity index (χ0v) is 20.7. The molecule has 0 unspecified atom stereocenters. The number of fused-ring (bicyclic) bond motifs is 1. The van der Waals surface area contributed by atoms with Gasteiger partial charge in [-0.05, 0) is 42.5 Å². The molecule has 1 aliphatic rings. The number of benzene rings is 2. The molecule has 0 aliphatic carbocycles. The molecule has 1 aromatic heterocycles. The molecule has 0 atom stereocenters. The predicted molar refractivity (Wildman–Crippen MR) is 138 cm³/mol. The Bertz CT molecular complexity index is 1210. The molecule has 10 heteroatoms. The van der Waals surface area contributed by atoms with Gasteiger partial charge in [-0.2, -0.15) is 0 Å². The second-order valence-corrected chi connectivity index (χ2v) is 8.78. The van der Waals surface area contributed by atoms with Crippen molar-refractivity contribution in [1.82, 2.24) is 14.9 Å². The molecule has 0 saturated carbocycles. The minimum absolute atomic E-state index is 0.0306. The predicted octanol–water partition coefficient (Wildman–Crippen LogP) is 3.90. The van der Waals surface area contributed by atoms with Gasteiger partial charge in [0, 0.05) is 40.9 Å². The van der Waals surface area contributed by atoms with Crippen LogP contribution in [0.3, 0.4) is 0 Å². The number of nitrogens with zero attached hydrogens (tertiary/aromatic N) is 3. The lowest BCUT2D eigenvalue weighted by molar-refractivity contribution is -0.143. The Kier molecular flexibility index (Phi) is 8.77. The number of ether oxygens (including phenoxy) is 2. The Labute approximate surface area is 211 Å². The monoisotopic (exact) mass is 539 g/mol. The molecule has 0 bridgehead atoms. The quantitative estimate of drug-likeness (QED) is 0.311. The molecule has 1 saturated heterocycles. The van der Waals surface area contributed by atoms with Crippen LogP contribution >= 0.6 is 15.9 Å². The fourth-order valence-electron chi connectivity index (χ4n) is 3.56. The number of nitrogens with one attached hydrogen (secondary N) is 2. The van der Waals surface area contributed by atoms with Crippen LogP contribution in [-0.4, -0.2) is 66.2 Å². The maximum Gasteiger partial charge on any atom is 0.309 e. The van der Waals surface area contributed by atoms with E-state index < -0.39 is 0 Å². The third-order valence-electron chi connectivity index (χ3n) is 5.32. The van der Waals surface area contributed by atoms with Crippen molar-refractivity contribution in [2.45, 2.75) is 6.42 Å². The van der Waals surface area contributed by atoms with Crippen LogP contribution in [0, 0.1) is 0 Å². The van der Waals surface area contributed by atoms with E-state index in [2.05, 4.69) is 41.4 Å². The van der Waals surface area contributed by atoms with E-state index >= 15 is 0 Å². The van der Waals surface area contributed by atoms with E-state index in [4.69, 9.17) is 9.47 Å². The third-order valence-corrected chi connectivity index (χ3v) is 5.81. The van der Waals surface area contributed by atoms with Crippen LogP contribution in [0.5, 0.6) is 0 Å². The maximum atomic E-state index is 12.3. The van der Waals surface area contributed by atoms with Crippen molar-refractivity contribution in [3.8, 4) is 0 Å². The summed E-state index contributed by atoms with van der Waals surface area (Å²) < 4.78 is 11.5. The summed E-state index contributed by atoms with van der Waals surface area (Å²) in [6.07, 6.45) is 4.35. The first-order valence-corrected chi connectivity index (χ1v) is 12.1. The first-order chi connectivity index (χ1) is 17.1. The van der Waals surface area contributed by atoms with Crippen molar-refractivity contribution in [3.63, 3.8) is 0 Å². The van der Waals surface area contributed by atoms with E-state index in [0.717, 1.165) is 34.2 Å². The molecular formula is C25H26BrN5O4. The van der Waals surface area contributed by atoms with Crippen molar-refractivity contribution in [1.29, 1.82) is 0 Å². The van der Waals surface area contributed by atoms with Gasteiger partial charge in [0.1, 0.15) is 18.8 Å². The van der Waals surface area contributed by atoms with Gasteiger partial charge in [0.25, 0.3) is 0 Å². The van der Waals surface area contributed by atoms with Gasteiger partial charge in [-0.25, -0.2) is 9.97 Å². The van der Waals surface area contributed by atoms with Crippen LogP contribution in [0.25, 0.3) is 10.9 Å². The number of esters is 1. The molecule has 4 rings (SSSR count). The van der Waals surface area contributed by atoms with Gasteiger partial charge in [-0.15, -0.1) is 0 Å². The minimum Gasteiger partial charge on any atom is -0.464 e. The molecular weight excluding hydrogens is 514 g/mol. The van der Waals surface area contributed by atoms with E-state index in [-0.39, 0.29) is 18.3 Å². The van der Waals surface area contributed by atoms with Gasteiger partial charge in [-0.1, -0.05) is 28.1 Å². The Morgan fingerprint density at radius 2 is 1.97 bits per heavy atom. The van der Waals surface area contributed by atoms with Crippen LogP contribution in [0.4, 0.5) is 17.2 Å². The summed E-state index contributed by atoms with van der Waals surface area (Å²) in [5.74, 6) is -0.0863. The van der Waals surface area contributed by atoms with Gasteiger partial charge in [-0.3, -0.25) is 14.5 Å². The Balaban J connectivity index is 1.30. The van der Waals surface area contributed by atoms with Gasteiger partial charge in [0.05, 0.1) is 25.2 Å². The van der Waals surface area contributed by atoms with Crippen LogP contribution < -0.4 is 10.6 Å². The Morgan fingerprint density at radius 1 is 1.11 bits per heavy atom. The lowest BCUT2D eigenvalue weighted by Crippen LogP contribution is -2.38. The highest BCUT2D eigenvalue weighted by atomic mass is 79.9. The number of amides is 1. The summed E-state index contributed by atoms with van der Waals surface area (Å²) in [6, 6.07) is 13.1. The summed E-state index contributed by atoms with van der Waals surface area (Å²) in [7, 11) is 0. The average molecular weight is 540 g/mol. The van der Waals surface area contributed by atoms with E-state index in [1.807, 2.05) is 30.3 Å². The highest BCUT2D eigenvalue weighted by Crippen LogP contribution is 2.27. The standard InChI is InChI=1S/C25H26BrN5O4/c26-18-3-1-4-19(15-18)30-25-21-16-20(7-8-22(21)27-17-28-25)29-23(32)5-2-6-24(33)35-14-11-31-9-12-34-13-10-31/h1-5,7-8,15-17H,6,9-14H2,(H,29,32)(H,27,28,30)/b5-2+. The topological polar surface area (TPSA) is 106 Å². The van der Waals surface area contributed by atoms with Crippen LogP contribution in [0.15, 0.2) is 65.4 Å². The Hall–Kier alpha value is -3.34. The average Bonchev–Trinajstić information content (AvgIpc) is 2.85. The van der Waals surface area contributed by atoms with Gasteiger partial charge >= 0.3 is 5.97 Å². The number of hydrogen-bond donors (Lipinski definition) is 2. The van der Waals surface area contributed by atoms with Gasteiger partial charge in [0.15, 0.2) is 0 Å². The SMILES string of the molecule is O=C(/C=C/CC(=O)OCCN1CCOCC1)Nc1ccc2ncnc(Nc3cccc(Br)c3)c2c1. The van der Waals surface area contributed by atoms with E-state index in [9.17, 15) is 9.59 Å². The molecule has 0 spiro atoms. The number of rotatable bonds is 9. The first-order valence-electron chi connectivity index (χ1n) is 11.3. The number of halogens is 1. The van der Waals surface area contributed by atoms with Crippen molar-refractivity contribution >= 4 is 55.9 Å². The number of carbonyl (C=O) groups excluding carboxylic acids is 2. The Morgan fingerprint density at radius 3 is 2.80 bits per heavy atom. The summed E-state index contributed by atoms with van der Waals surface area (Å²) in [5.41, 5.74) is 2.20. The lowest BCUT2D eigenvalue weighted by atomic mass is 10.2. The smallest absolute Gasteiger partial charge is 0.309 e. The number of carbonyl (C=O) groups is 2. The number of hydrogen-bond acceptors (Lipinski definition) is 8. The molecule has 1 amide bonds. The molecule has 9 nitrogen and oxygen atoms in total. The fourth-order valence-corrected chi connectivity index (χ4v) is 3.95. The van der Waals surface area contributed by atoms with Gasteiger partial charge < -0.3 is 20.1 Å². The number of anilines is 3. The van der Waals surface area contributed by atoms with E-state index in [1.54, 1.807) is 12.1 Å². The molecule has 2 heterocycles. The van der Waals surface area contributed by atoms with Gasteiger partial charge in [0.2, 0.25) is 5.91 Å². The molecule has 1 aliphatic heterocycles. The summed E-state index contributed by atoms with van der Waals surface area (Å²) in [5, 5.41) is 6.85. The summed E-state index contributed by atoms with van der Waals surface area (Å²) in [4.78, 5) is 35.1. The fraction of sp³-hybridized carbons (Fsp3) is 0.280. The van der Waals surface area contributed by atoms with E-state index in [1.165, 1.54) is 18.5 Å². The molecule has 182 valence electrons. The molecule has 3 aromatic rings. The highest BCUT2D eigenvalue weighted by Gasteiger charge is 2.11. The van der Waals surface area contributed by atoms with Crippen LogP contribution in [0.2, 0.25) is 0 Å². The lowest BCUT2D eigenvalue weighted by Gasteiger charge is -2.26. The molecule has 2 N–H and O–H groups in total. The minimum atomic E-state index is -0.367. The summed E-state index contributed by atoms with van der Waals surface area (Å²) >= 11 is 3.46. The first kappa shape index (κ1) is 24.8. The van der Waals surface area contributed by atoms with Crippen molar-refractivity contribution in [3.05, 3.63) is 65.4 Å². The molecule has 1 fully saturated rings. The van der Waals surface area contributed by atoms with Crippen molar-refractivity contribution < 1.29 is 19.1 Å². The molecule has 0 radical (unpaired) electrons. The van der Waals surface area contributed by atoms with Crippen LogP contribution in [0.1, 0.15) is 6.42 Å². The summed E-state index contributed by atoms with van der Waals surface area (Å²) in [6.45, 7) is 4.12. The highest BCUT2D eigenvalue weighted by molar-refractivity contribution is 9.10. The largest absolute Gasteiger partial charge is 0.464 e. The van der Waals surface area contributed by atoms with E-state index in [0.29, 0.717) is 37.9 Å². The molecule has 2 aromatic carbocycles.